The van der Waals surface area contributed by atoms with Gasteiger partial charge in [0.2, 0.25) is 11.8 Å². The van der Waals surface area contributed by atoms with Crippen LogP contribution in [-0.2, 0) is 14.3 Å². The Morgan fingerprint density at radius 3 is 2.30 bits per heavy atom. The highest BCUT2D eigenvalue weighted by Crippen LogP contribution is 2.33. The van der Waals surface area contributed by atoms with Gasteiger partial charge in [0.15, 0.2) is 11.5 Å². The van der Waals surface area contributed by atoms with E-state index in [1.54, 1.807) is 18.2 Å². The lowest BCUT2D eigenvalue weighted by molar-refractivity contribution is -0.136. The number of piperidine rings is 1. The fraction of sp³-hybridized carbons (Fsp3) is 0.500. The number of esters is 1. The zero-order chi connectivity index (χ0) is 30.5. The Balaban J connectivity index is 0.984. The number of hydrogen-bond donors (Lipinski definition) is 1. The van der Waals surface area contributed by atoms with Crippen molar-refractivity contribution in [2.45, 2.75) is 45.3 Å². The number of rotatable bonds is 6. The standard InChI is InChI=1S/C30H35N7O6/c1-30(2,3)43-29(42)22-6-8-24(33-32-22)35-12-10-34(11-13-35)15-18-16-36(17-18)19-4-5-20-21(14-19)28(41)37(27(20)40)23-7-9-25(38)31-26(23)39/h4-6,8,14,18,23H,7,9-13,15-17H2,1-3H3,(H,31,38,39). The SMILES string of the molecule is CC(C)(C)OC(=O)c1ccc(N2CCN(CC3CN(c4ccc5c(c4)C(=O)N(C4CCC(=O)NC4=O)C5=O)C3)CC2)nn1. The Morgan fingerprint density at radius 2 is 1.65 bits per heavy atom. The van der Waals surface area contributed by atoms with E-state index in [0.29, 0.717) is 11.5 Å². The molecule has 0 bridgehead atoms. The molecule has 3 fully saturated rings. The zero-order valence-electron chi connectivity index (χ0n) is 24.5. The topological polar surface area (TPSA) is 145 Å². The molecule has 0 spiro atoms. The van der Waals surface area contributed by atoms with E-state index in [4.69, 9.17) is 4.74 Å². The first-order valence-corrected chi connectivity index (χ1v) is 14.6. The Bertz CT molecular complexity index is 1470. The molecule has 4 aliphatic rings. The van der Waals surface area contributed by atoms with Crippen LogP contribution in [0.4, 0.5) is 11.5 Å². The van der Waals surface area contributed by atoms with Crippen molar-refractivity contribution >= 4 is 41.1 Å². The van der Waals surface area contributed by atoms with E-state index >= 15 is 0 Å². The second-order valence-corrected chi connectivity index (χ2v) is 12.5. The van der Waals surface area contributed by atoms with Crippen molar-refractivity contribution in [2.75, 3.05) is 55.6 Å². The highest BCUT2D eigenvalue weighted by Gasteiger charge is 2.45. The number of amides is 4. The normalized spacial score (nSPS) is 21.6. The average Bonchev–Trinajstić information content (AvgIpc) is 3.19. The summed E-state index contributed by atoms with van der Waals surface area (Å²) in [6.45, 7) is 11.5. The molecule has 43 heavy (non-hydrogen) atoms. The van der Waals surface area contributed by atoms with Gasteiger partial charge in [0, 0.05) is 63.8 Å². The van der Waals surface area contributed by atoms with E-state index in [-0.39, 0.29) is 24.1 Å². The summed E-state index contributed by atoms with van der Waals surface area (Å²) >= 11 is 0. The number of ether oxygens (including phenoxy) is 1. The van der Waals surface area contributed by atoms with Crippen LogP contribution in [0.2, 0.25) is 0 Å². The summed E-state index contributed by atoms with van der Waals surface area (Å²) in [7, 11) is 0. The molecule has 5 heterocycles. The first-order valence-electron chi connectivity index (χ1n) is 14.6. The minimum atomic E-state index is -0.967. The minimum absolute atomic E-state index is 0.0936. The lowest BCUT2D eigenvalue weighted by Gasteiger charge is -2.45. The molecule has 6 rings (SSSR count). The Kier molecular flexibility index (Phi) is 7.36. The number of piperazine rings is 1. The molecule has 3 saturated heterocycles. The maximum absolute atomic E-state index is 13.1. The molecule has 13 heteroatoms. The van der Waals surface area contributed by atoms with Crippen LogP contribution < -0.4 is 15.1 Å². The number of carbonyl (C=O) groups is 5. The number of nitrogens with one attached hydrogen (secondary N) is 1. The fourth-order valence-corrected chi connectivity index (χ4v) is 6.01. The van der Waals surface area contributed by atoms with E-state index in [1.165, 1.54) is 0 Å². The first kappa shape index (κ1) is 28.7. The number of benzene rings is 1. The molecule has 1 aromatic carbocycles. The number of anilines is 2. The Labute approximate surface area is 249 Å². The summed E-state index contributed by atoms with van der Waals surface area (Å²) in [6, 6.07) is 7.75. The molecule has 0 aliphatic carbocycles. The number of hydrogen-bond acceptors (Lipinski definition) is 11. The lowest BCUT2D eigenvalue weighted by Crippen LogP contribution is -2.55. The molecule has 13 nitrogen and oxygen atoms in total. The van der Waals surface area contributed by atoms with Crippen LogP contribution in [0, 0.1) is 5.92 Å². The van der Waals surface area contributed by atoms with Gasteiger partial charge in [-0.15, -0.1) is 10.2 Å². The molecule has 1 unspecified atom stereocenters. The number of aromatic nitrogens is 2. The third-order valence-electron chi connectivity index (χ3n) is 8.22. The minimum Gasteiger partial charge on any atom is -0.455 e. The molecule has 2 aromatic rings. The number of carbonyl (C=O) groups excluding carboxylic acids is 5. The second kappa shape index (κ2) is 11.0. The zero-order valence-corrected chi connectivity index (χ0v) is 24.5. The summed E-state index contributed by atoms with van der Waals surface area (Å²) < 4.78 is 5.36. The van der Waals surface area contributed by atoms with E-state index in [1.807, 2.05) is 32.9 Å². The van der Waals surface area contributed by atoms with Crippen molar-refractivity contribution in [1.82, 2.24) is 25.3 Å². The van der Waals surface area contributed by atoms with Gasteiger partial charge in [-0.3, -0.25) is 34.3 Å². The summed E-state index contributed by atoms with van der Waals surface area (Å²) in [5.41, 5.74) is 1.07. The molecular formula is C30H35N7O6. The maximum atomic E-state index is 13.1. The molecule has 226 valence electrons. The van der Waals surface area contributed by atoms with Crippen molar-refractivity contribution in [3.8, 4) is 0 Å². The van der Waals surface area contributed by atoms with Gasteiger partial charge in [-0.25, -0.2) is 4.79 Å². The predicted octanol–water partition coefficient (Wildman–Crippen LogP) is 1.09. The van der Waals surface area contributed by atoms with Gasteiger partial charge in [-0.1, -0.05) is 0 Å². The van der Waals surface area contributed by atoms with Crippen LogP contribution in [0.1, 0.15) is 64.8 Å². The van der Waals surface area contributed by atoms with Crippen LogP contribution in [0.5, 0.6) is 0 Å². The highest BCUT2D eigenvalue weighted by molar-refractivity contribution is 6.23. The first-order chi connectivity index (χ1) is 20.5. The van der Waals surface area contributed by atoms with Crippen molar-refractivity contribution in [2.24, 2.45) is 5.92 Å². The molecular weight excluding hydrogens is 554 g/mol. The Hall–Kier alpha value is -4.39. The van der Waals surface area contributed by atoms with Crippen LogP contribution in [-0.4, -0.2) is 107 Å². The third-order valence-corrected chi connectivity index (χ3v) is 8.22. The molecule has 1 N–H and O–H groups in total. The summed E-state index contributed by atoms with van der Waals surface area (Å²) in [4.78, 5) is 69.9. The maximum Gasteiger partial charge on any atom is 0.359 e. The molecule has 0 radical (unpaired) electrons. The average molecular weight is 590 g/mol. The van der Waals surface area contributed by atoms with Crippen molar-refractivity contribution in [1.29, 1.82) is 0 Å². The number of fused-ring (bicyclic) bond motifs is 1. The smallest absolute Gasteiger partial charge is 0.359 e. The van der Waals surface area contributed by atoms with E-state index in [2.05, 4.69) is 30.2 Å². The van der Waals surface area contributed by atoms with E-state index in [0.717, 1.165) is 62.2 Å². The van der Waals surface area contributed by atoms with Gasteiger partial charge in [0.1, 0.15) is 11.6 Å². The van der Waals surface area contributed by atoms with Crippen molar-refractivity contribution in [3.63, 3.8) is 0 Å². The quantitative estimate of drug-likeness (QED) is 0.382. The van der Waals surface area contributed by atoms with Crippen molar-refractivity contribution < 1.29 is 28.7 Å². The molecule has 1 aromatic heterocycles. The van der Waals surface area contributed by atoms with Gasteiger partial charge in [-0.05, 0) is 57.5 Å². The fourth-order valence-electron chi connectivity index (χ4n) is 6.01. The van der Waals surface area contributed by atoms with Crippen LogP contribution in [0.25, 0.3) is 0 Å². The molecule has 4 aliphatic heterocycles. The molecule has 1 atom stereocenters. The third kappa shape index (κ3) is 5.81. The Morgan fingerprint density at radius 1 is 0.930 bits per heavy atom. The molecule has 4 amide bonds. The highest BCUT2D eigenvalue weighted by atomic mass is 16.6. The number of nitrogens with zero attached hydrogens (tertiary/aromatic N) is 6. The van der Waals surface area contributed by atoms with Gasteiger partial charge in [-0.2, -0.15) is 0 Å². The lowest BCUT2D eigenvalue weighted by atomic mass is 9.97. The van der Waals surface area contributed by atoms with Crippen LogP contribution in [0.15, 0.2) is 30.3 Å². The van der Waals surface area contributed by atoms with E-state index in [9.17, 15) is 24.0 Å². The van der Waals surface area contributed by atoms with Crippen LogP contribution in [0.3, 0.4) is 0 Å². The van der Waals surface area contributed by atoms with Crippen LogP contribution >= 0.6 is 0 Å². The predicted molar refractivity (Wildman–Crippen MR) is 155 cm³/mol. The van der Waals surface area contributed by atoms with E-state index < -0.39 is 41.2 Å². The largest absolute Gasteiger partial charge is 0.455 e. The second-order valence-electron chi connectivity index (χ2n) is 12.5. The van der Waals surface area contributed by atoms with Gasteiger partial charge in [0.25, 0.3) is 11.8 Å². The van der Waals surface area contributed by atoms with Gasteiger partial charge in [0.05, 0.1) is 11.1 Å². The van der Waals surface area contributed by atoms with Crippen molar-refractivity contribution in [3.05, 3.63) is 47.2 Å². The summed E-state index contributed by atoms with van der Waals surface area (Å²) in [5, 5.41) is 10.5. The van der Waals surface area contributed by atoms with Gasteiger partial charge >= 0.3 is 5.97 Å². The monoisotopic (exact) mass is 589 g/mol. The summed E-state index contributed by atoms with van der Waals surface area (Å²) in [5.74, 6) is -1.26. The summed E-state index contributed by atoms with van der Waals surface area (Å²) in [6.07, 6.45) is 0.231. The van der Waals surface area contributed by atoms with Gasteiger partial charge < -0.3 is 14.5 Å². The molecule has 0 saturated carbocycles. The number of imide groups is 2.